The minimum absolute atomic E-state index is 0.0668. The van der Waals surface area contributed by atoms with Gasteiger partial charge in [-0.05, 0) is 54.5 Å². The molecule has 0 fully saturated rings. The van der Waals surface area contributed by atoms with Crippen LogP contribution in [-0.4, -0.2) is 5.91 Å². The van der Waals surface area contributed by atoms with Gasteiger partial charge in [0.1, 0.15) is 0 Å². The number of amides is 1. The molecule has 4 N–H and O–H groups in total. The number of fused-ring (bicyclic) bond motifs is 1. The summed E-state index contributed by atoms with van der Waals surface area (Å²) in [6.45, 7) is 0. The van der Waals surface area contributed by atoms with E-state index in [1.54, 1.807) is 29.5 Å². The van der Waals surface area contributed by atoms with Gasteiger partial charge in [0.2, 0.25) is 0 Å². The van der Waals surface area contributed by atoms with Crippen LogP contribution >= 0.6 is 22.9 Å². The number of nitrogen functional groups attached to an aromatic ring is 1. The van der Waals surface area contributed by atoms with E-state index in [9.17, 15) is 4.79 Å². The van der Waals surface area contributed by atoms with Gasteiger partial charge >= 0.3 is 0 Å². The summed E-state index contributed by atoms with van der Waals surface area (Å²) in [6, 6.07) is 7.20. The van der Waals surface area contributed by atoms with Gasteiger partial charge in [-0.1, -0.05) is 11.6 Å². The Kier molecular flexibility index (Phi) is 4.14. The number of hydrogen-bond acceptors (Lipinski definition) is 4. The predicted octanol–water partition coefficient (Wildman–Crippen LogP) is 3.49. The van der Waals surface area contributed by atoms with Crippen molar-refractivity contribution >= 4 is 34.5 Å². The molecule has 0 aliphatic heterocycles. The third-order valence-corrected chi connectivity index (χ3v) is 4.97. The lowest BCUT2D eigenvalue weighted by Crippen LogP contribution is -2.31. The normalized spacial score (nSPS) is 17.1. The molecule has 2 aromatic rings. The smallest absolute Gasteiger partial charge is 0.253 e. The minimum atomic E-state index is -0.158. The van der Waals surface area contributed by atoms with E-state index in [0.29, 0.717) is 16.3 Å². The lowest BCUT2D eigenvalue weighted by atomic mass is 9.94. The van der Waals surface area contributed by atoms with Crippen molar-refractivity contribution in [2.45, 2.75) is 25.3 Å². The van der Waals surface area contributed by atoms with Gasteiger partial charge in [0.25, 0.3) is 5.91 Å². The van der Waals surface area contributed by atoms with Crippen LogP contribution in [-0.2, 0) is 6.42 Å². The van der Waals surface area contributed by atoms with E-state index in [1.165, 1.54) is 10.4 Å². The molecule has 6 heteroatoms. The molecule has 3 rings (SSSR count). The quantitative estimate of drug-likeness (QED) is 0.599. The van der Waals surface area contributed by atoms with Gasteiger partial charge in [-0.15, -0.1) is 11.3 Å². The zero-order valence-electron chi connectivity index (χ0n) is 11.4. The van der Waals surface area contributed by atoms with Crippen molar-refractivity contribution in [2.24, 2.45) is 5.84 Å². The van der Waals surface area contributed by atoms with Gasteiger partial charge in [-0.25, -0.2) is 0 Å². The predicted molar refractivity (Wildman–Crippen MR) is 86.7 cm³/mol. The number of anilines is 1. The third kappa shape index (κ3) is 2.90. The topological polar surface area (TPSA) is 67.1 Å². The summed E-state index contributed by atoms with van der Waals surface area (Å²) in [5, 5.41) is 5.69. The van der Waals surface area contributed by atoms with Crippen LogP contribution in [0.4, 0.5) is 5.69 Å². The van der Waals surface area contributed by atoms with Crippen molar-refractivity contribution in [1.29, 1.82) is 0 Å². The zero-order valence-corrected chi connectivity index (χ0v) is 12.9. The number of rotatable bonds is 3. The molecule has 0 saturated carbocycles. The summed E-state index contributed by atoms with van der Waals surface area (Å²) < 4.78 is 0. The standard InChI is InChI=1S/C15H16ClN3OS/c16-9-4-5-13(19-17)11(8-9)15(20)18-12-2-1-3-14-10(12)6-7-21-14/h4-8,12,19H,1-3,17H2,(H,18,20). The van der Waals surface area contributed by atoms with Gasteiger partial charge < -0.3 is 10.7 Å². The molecule has 0 bridgehead atoms. The molecule has 21 heavy (non-hydrogen) atoms. The van der Waals surface area contributed by atoms with E-state index in [1.807, 2.05) is 0 Å². The second-order valence-electron chi connectivity index (χ2n) is 5.05. The van der Waals surface area contributed by atoms with E-state index in [-0.39, 0.29) is 11.9 Å². The molecule has 110 valence electrons. The molecule has 0 spiro atoms. The number of carbonyl (C=O) groups excluding carboxylic acids is 1. The largest absolute Gasteiger partial charge is 0.345 e. The average Bonchev–Trinajstić information content (AvgIpc) is 2.96. The second-order valence-corrected chi connectivity index (χ2v) is 6.49. The summed E-state index contributed by atoms with van der Waals surface area (Å²) in [6.07, 6.45) is 3.16. The monoisotopic (exact) mass is 321 g/mol. The maximum Gasteiger partial charge on any atom is 0.253 e. The van der Waals surface area contributed by atoms with Crippen LogP contribution in [0.1, 0.15) is 39.7 Å². The molecule has 1 atom stereocenters. The molecule has 1 aromatic heterocycles. The Morgan fingerprint density at radius 2 is 2.24 bits per heavy atom. The molecule has 0 saturated heterocycles. The van der Waals surface area contributed by atoms with Gasteiger partial charge in [-0.2, -0.15) is 0 Å². The molecule has 0 radical (unpaired) electrons. The highest BCUT2D eigenvalue weighted by Crippen LogP contribution is 2.33. The second kappa shape index (κ2) is 6.05. The molecular formula is C15H16ClN3OS. The first-order valence-electron chi connectivity index (χ1n) is 6.82. The number of aryl methyl sites for hydroxylation is 1. The first-order chi connectivity index (χ1) is 10.2. The molecule has 4 nitrogen and oxygen atoms in total. The van der Waals surface area contributed by atoms with Gasteiger partial charge in [0.15, 0.2) is 0 Å². The summed E-state index contributed by atoms with van der Waals surface area (Å²) >= 11 is 7.73. The fourth-order valence-electron chi connectivity index (χ4n) is 2.70. The molecule has 1 aliphatic rings. The van der Waals surface area contributed by atoms with Crippen LogP contribution in [0.3, 0.4) is 0 Å². The Balaban J connectivity index is 1.84. The number of nitrogens with two attached hydrogens (primary N) is 1. The molecule has 1 unspecified atom stereocenters. The highest BCUT2D eigenvalue weighted by molar-refractivity contribution is 7.10. The van der Waals surface area contributed by atoms with E-state index in [0.717, 1.165) is 19.3 Å². The van der Waals surface area contributed by atoms with Gasteiger partial charge in [-0.3, -0.25) is 10.6 Å². The first kappa shape index (κ1) is 14.4. The van der Waals surface area contributed by atoms with Crippen LogP contribution in [0.2, 0.25) is 5.02 Å². The number of carbonyl (C=O) groups is 1. The fraction of sp³-hybridized carbons (Fsp3) is 0.267. The van der Waals surface area contributed by atoms with E-state index >= 15 is 0 Å². The highest BCUT2D eigenvalue weighted by atomic mass is 35.5. The summed E-state index contributed by atoms with van der Waals surface area (Å²) in [5.41, 5.74) is 4.81. The minimum Gasteiger partial charge on any atom is -0.345 e. The lowest BCUT2D eigenvalue weighted by molar-refractivity contribution is 0.0933. The maximum atomic E-state index is 12.5. The highest BCUT2D eigenvalue weighted by Gasteiger charge is 2.24. The number of hydrazine groups is 1. The Labute approximate surface area is 132 Å². The van der Waals surface area contributed by atoms with Crippen LogP contribution in [0.5, 0.6) is 0 Å². The van der Waals surface area contributed by atoms with Crippen LogP contribution in [0.15, 0.2) is 29.6 Å². The first-order valence-corrected chi connectivity index (χ1v) is 8.08. The fourth-order valence-corrected chi connectivity index (χ4v) is 3.86. The van der Waals surface area contributed by atoms with Crippen LogP contribution in [0, 0.1) is 0 Å². The summed E-state index contributed by atoms with van der Waals surface area (Å²) in [4.78, 5) is 13.9. The number of halogens is 1. The van der Waals surface area contributed by atoms with Crippen molar-refractivity contribution in [1.82, 2.24) is 5.32 Å². The molecule has 1 heterocycles. The van der Waals surface area contributed by atoms with Crippen molar-refractivity contribution in [2.75, 3.05) is 5.43 Å². The summed E-state index contributed by atoms with van der Waals surface area (Å²) in [5.74, 6) is 5.30. The van der Waals surface area contributed by atoms with Crippen molar-refractivity contribution in [3.8, 4) is 0 Å². The SMILES string of the molecule is NNc1ccc(Cl)cc1C(=O)NC1CCCc2sccc21. The van der Waals surface area contributed by atoms with Gasteiger partial charge in [0, 0.05) is 9.90 Å². The Morgan fingerprint density at radius 1 is 1.38 bits per heavy atom. The molecular weight excluding hydrogens is 306 g/mol. The van der Waals surface area contributed by atoms with E-state index in [2.05, 4.69) is 22.2 Å². The maximum absolute atomic E-state index is 12.5. The Morgan fingerprint density at radius 3 is 3.05 bits per heavy atom. The molecule has 1 aliphatic carbocycles. The number of hydrogen-bond donors (Lipinski definition) is 3. The van der Waals surface area contributed by atoms with Crippen molar-refractivity contribution in [3.05, 3.63) is 50.7 Å². The van der Waals surface area contributed by atoms with Crippen LogP contribution in [0.25, 0.3) is 0 Å². The van der Waals surface area contributed by atoms with E-state index in [4.69, 9.17) is 17.4 Å². The van der Waals surface area contributed by atoms with E-state index < -0.39 is 0 Å². The van der Waals surface area contributed by atoms with Gasteiger partial charge in [0.05, 0.1) is 17.3 Å². The molecule has 1 amide bonds. The van der Waals surface area contributed by atoms with Crippen molar-refractivity contribution < 1.29 is 4.79 Å². The molecule has 1 aromatic carbocycles. The van der Waals surface area contributed by atoms with Crippen LogP contribution < -0.4 is 16.6 Å². The summed E-state index contributed by atoms with van der Waals surface area (Å²) in [7, 11) is 0. The number of benzene rings is 1. The Bertz CT molecular complexity index is 671. The lowest BCUT2D eigenvalue weighted by Gasteiger charge is -2.24. The zero-order chi connectivity index (χ0) is 14.8. The number of nitrogens with one attached hydrogen (secondary N) is 2. The Hall–Kier alpha value is -1.56. The third-order valence-electron chi connectivity index (χ3n) is 3.74. The average molecular weight is 322 g/mol. The van der Waals surface area contributed by atoms with Crippen molar-refractivity contribution in [3.63, 3.8) is 0 Å². The number of thiophene rings is 1.